The summed E-state index contributed by atoms with van der Waals surface area (Å²) in [6, 6.07) is 6.46. The normalized spacial score (nSPS) is 20.1. The van der Waals surface area contributed by atoms with E-state index in [0.29, 0.717) is 33.4 Å². The number of ketones is 1. The minimum absolute atomic E-state index is 0.00476. The lowest BCUT2D eigenvalue weighted by Gasteiger charge is -2.45. The molecule has 0 radical (unpaired) electrons. The van der Waals surface area contributed by atoms with Crippen molar-refractivity contribution in [2.75, 3.05) is 7.05 Å². The molecule has 0 spiro atoms. The summed E-state index contributed by atoms with van der Waals surface area (Å²) < 4.78 is 122. The van der Waals surface area contributed by atoms with Crippen LogP contribution in [-0.2, 0) is 29.2 Å². The maximum Gasteiger partial charge on any atom is 0.417 e. The monoisotopic (exact) mass is 682 g/mol. The first-order valence-corrected chi connectivity index (χ1v) is 15.6. The summed E-state index contributed by atoms with van der Waals surface area (Å²) in [6.07, 6.45) is -3.60. The molecular formula is C30H25F7N6O3S. The zero-order chi connectivity index (χ0) is 33.9. The summed E-state index contributed by atoms with van der Waals surface area (Å²) in [4.78, 5) is 17.7. The van der Waals surface area contributed by atoms with Crippen molar-refractivity contribution in [3.8, 4) is 5.69 Å². The second kappa shape index (κ2) is 11.4. The highest BCUT2D eigenvalue weighted by atomic mass is 32.2. The van der Waals surface area contributed by atoms with Crippen LogP contribution < -0.4 is 0 Å². The standard InChI is InChI=1S/C30H25F7N6O3S/c1-41(47(45,46)24-15-39-42(16-24)17-29(32,33)34)23-6-2-19-10-26-18(13-40-43(26)22-7-4-21(31)5-8-22)11-28(19,12-23)27(44)25-9-3-20(14-38-25)30(35,36)37/h3-5,7-10,13-16,23H,2,6,11-12,17H2,1H3/t23-,28-/m0/s1. The number of allylic oxidation sites excluding steroid dienone is 1. The van der Waals surface area contributed by atoms with E-state index >= 15 is 0 Å². The van der Waals surface area contributed by atoms with Crippen LogP contribution in [-0.4, -0.2) is 62.3 Å². The number of rotatable bonds is 7. The first kappa shape index (κ1) is 32.6. The lowest BCUT2D eigenvalue weighted by atomic mass is 9.60. The first-order chi connectivity index (χ1) is 22.0. The smallest absolute Gasteiger partial charge is 0.291 e. The highest BCUT2D eigenvalue weighted by molar-refractivity contribution is 7.89. The van der Waals surface area contributed by atoms with Gasteiger partial charge in [0, 0.05) is 25.5 Å². The Labute approximate surface area is 263 Å². The van der Waals surface area contributed by atoms with Crippen LogP contribution in [0.4, 0.5) is 30.7 Å². The van der Waals surface area contributed by atoms with E-state index in [9.17, 15) is 43.9 Å². The van der Waals surface area contributed by atoms with Gasteiger partial charge in [-0.1, -0.05) is 5.57 Å². The molecule has 2 atom stereocenters. The van der Waals surface area contributed by atoms with Crippen molar-refractivity contribution in [2.24, 2.45) is 5.41 Å². The largest absolute Gasteiger partial charge is 0.417 e. The van der Waals surface area contributed by atoms with Crippen LogP contribution >= 0.6 is 0 Å². The Hall–Kier alpha value is -4.38. The van der Waals surface area contributed by atoms with Gasteiger partial charge in [0.05, 0.1) is 34.8 Å². The number of carbonyl (C=O) groups excluding carboxylic acids is 1. The molecule has 0 aliphatic heterocycles. The number of fused-ring (bicyclic) bond motifs is 2. The summed E-state index contributed by atoms with van der Waals surface area (Å²) in [6.45, 7) is -1.49. The van der Waals surface area contributed by atoms with Crippen molar-refractivity contribution in [2.45, 2.75) is 55.5 Å². The Balaban J connectivity index is 1.38. The Morgan fingerprint density at radius 1 is 1.02 bits per heavy atom. The van der Waals surface area contributed by atoms with Gasteiger partial charge in [-0.2, -0.15) is 40.8 Å². The Kier molecular flexibility index (Phi) is 7.90. The quantitative estimate of drug-likeness (QED) is 0.179. The molecule has 0 unspecified atom stereocenters. The Bertz CT molecular complexity index is 1970. The van der Waals surface area contributed by atoms with Gasteiger partial charge in [0.15, 0.2) is 5.78 Å². The number of sulfonamides is 1. The molecule has 6 rings (SSSR count). The fourth-order valence-corrected chi connectivity index (χ4v) is 7.57. The molecule has 0 amide bonds. The number of benzene rings is 1. The fourth-order valence-electron chi connectivity index (χ4n) is 6.23. The van der Waals surface area contributed by atoms with Crippen molar-refractivity contribution < 1.29 is 43.9 Å². The number of alkyl halides is 6. The average Bonchev–Trinajstić information content (AvgIpc) is 3.65. The average molecular weight is 683 g/mol. The second-order valence-corrected chi connectivity index (χ2v) is 13.5. The number of hydrogen-bond donors (Lipinski definition) is 0. The third-order valence-electron chi connectivity index (χ3n) is 8.61. The van der Waals surface area contributed by atoms with Gasteiger partial charge in [0.1, 0.15) is 23.0 Å². The van der Waals surface area contributed by atoms with E-state index in [0.717, 1.165) is 28.8 Å². The lowest BCUT2D eigenvalue weighted by Crippen LogP contribution is -2.49. The molecule has 9 nitrogen and oxygen atoms in total. The van der Waals surface area contributed by atoms with Crippen LogP contribution in [0.25, 0.3) is 11.8 Å². The van der Waals surface area contributed by atoms with E-state index in [1.165, 1.54) is 37.5 Å². The van der Waals surface area contributed by atoms with E-state index in [4.69, 9.17) is 0 Å². The number of halogens is 7. The molecule has 2 aliphatic rings. The van der Waals surface area contributed by atoms with Crippen LogP contribution in [0.15, 0.2) is 71.7 Å². The summed E-state index contributed by atoms with van der Waals surface area (Å²) >= 11 is 0. The van der Waals surface area contributed by atoms with Gasteiger partial charge in [-0.3, -0.25) is 14.5 Å². The molecule has 1 saturated carbocycles. The first-order valence-electron chi connectivity index (χ1n) is 14.2. The molecule has 3 aromatic heterocycles. The third-order valence-corrected chi connectivity index (χ3v) is 10.5. The van der Waals surface area contributed by atoms with Gasteiger partial charge in [-0.15, -0.1) is 0 Å². The summed E-state index contributed by atoms with van der Waals surface area (Å²) in [5.41, 5.74) is -0.433. The molecule has 3 heterocycles. The van der Waals surface area contributed by atoms with Gasteiger partial charge in [0.25, 0.3) is 0 Å². The number of Topliss-reactive ketones (excluding diaryl/α,β-unsaturated/α-hetero) is 1. The minimum atomic E-state index is -4.69. The van der Waals surface area contributed by atoms with Gasteiger partial charge < -0.3 is 0 Å². The molecule has 0 N–H and O–H groups in total. The lowest BCUT2D eigenvalue weighted by molar-refractivity contribution is -0.142. The fraction of sp³-hybridized carbons (Fsp3) is 0.333. The molecule has 17 heteroatoms. The van der Waals surface area contributed by atoms with Crippen LogP contribution in [0.2, 0.25) is 0 Å². The maximum atomic E-state index is 14.3. The zero-order valence-corrected chi connectivity index (χ0v) is 25.2. The summed E-state index contributed by atoms with van der Waals surface area (Å²) in [5, 5.41) is 7.95. The van der Waals surface area contributed by atoms with Crippen molar-refractivity contribution in [1.29, 1.82) is 0 Å². The topological polar surface area (TPSA) is 103 Å². The van der Waals surface area contributed by atoms with E-state index in [1.807, 2.05) is 0 Å². The predicted molar refractivity (Wildman–Crippen MR) is 152 cm³/mol. The zero-order valence-electron chi connectivity index (χ0n) is 24.4. The van der Waals surface area contributed by atoms with E-state index in [-0.39, 0.29) is 31.4 Å². The highest BCUT2D eigenvalue weighted by Gasteiger charge is 2.51. The SMILES string of the molecule is CN([C@H]1CCC2=Cc3c(cnn3-c3ccc(F)cc3)C[C@]2(C(=O)c2ccc(C(F)(F)F)cn2)C1)S(=O)(=O)c1cnn(CC(F)(F)F)c1. The number of pyridine rings is 1. The molecule has 0 saturated heterocycles. The van der Waals surface area contributed by atoms with Crippen molar-refractivity contribution in [3.05, 3.63) is 95.1 Å². The van der Waals surface area contributed by atoms with E-state index in [2.05, 4.69) is 15.2 Å². The van der Waals surface area contributed by atoms with Gasteiger partial charge in [-0.25, -0.2) is 17.5 Å². The van der Waals surface area contributed by atoms with Crippen molar-refractivity contribution in [3.63, 3.8) is 0 Å². The van der Waals surface area contributed by atoms with Crippen LogP contribution in [0.3, 0.4) is 0 Å². The Morgan fingerprint density at radius 2 is 1.74 bits per heavy atom. The van der Waals surface area contributed by atoms with Crippen molar-refractivity contribution >= 4 is 21.9 Å². The molecule has 0 bridgehead atoms. The maximum absolute atomic E-state index is 14.3. The number of carbonyl (C=O) groups is 1. The van der Waals surface area contributed by atoms with Gasteiger partial charge >= 0.3 is 12.4 Å². The van der Waals surface area contributed by atoms with Gasteiger partial charge in [0.2, 0.25) is 10.0 Å². The molecule has 47 heavy (non-hydrogen) atoms. The molecule has 1 fully saturated rings. The number of nitrogens with zero attached hydrogens (tertiary/aromatic N) is 6. The molecule has 1 aromatic carbocycles. The van der Waals surface area contributed by atoms with Crippen LogP contribution in [0.1, 0.15) is 46.6 Å². The van der Waals surface area contributed by atoms with E-state index < -0.39 is 62.4 Å². The third kappa shape index (κ3) is 6.08. The Morgan fingerprint density at radius 3 is 2.38 bits per heavy atom. The van der Waals surface area contributed by atoms with Gasteiger partial charge in [-0.05, 0) is 73.7 Å². The number of hydrogen-bond acceptors (Lipinski definition) is 6. The van der Waals surface area contributed by atoms with Crippen LogP contribution in [0, 0.1) is 11.2 Å². The van der Waals surface area contributed by atoms with Crippen molar-refractivity contribution in [1.82, 2.24) is 28.9 Å². The number of aromatic nitrogens is 5. The van der Waals surface area contributed by atoms with Crippen LogP contribution in [0.5, 0.6) is 0 Å². The molecule has 2 aliphatic carbocycles. The second-order valence-electron chi connectivity index (χ2n) is 11.5. The molecule has 248 valence electrons. The van der Waals surface area contributed by atoms with E-state index in [1.54, 1.807) is 10.8 Å². The summed E-state index contributed by atoms with van der Waals surface area (Å²) in [5.74, 6) is -1.07. The predicted octanol–water partition coefficient (Wildman–Crippen LogP) is 5.87. The molecule has 4 aromatic rings. The minimum Gasteiger partial charge on any atom is -0.291 e. The molecular weight excluding hydrogens is 657 g/mol. The highest BCUT2D eigenvalue weighted by Crippen LogP contribution is 2.51. The summed E-state index contributed by atoms with van der Waals surface area (Å²) in [7, 11) is -3.13.